The molecule has 4 bridgehead atoms. The molecule has 8 amide bonds. The third-order valence-electron chi connectivity index (χ3n) is 17.1. The molecule has 0 spiro atoms. The average molecular weight is 1360 g/mol. The van der Waals surface area contributed by atoms with Crippen LogP contribution in [0.2, 0.25) is 5.02 Å². The van der Waals surface area contributed by atoms with Crippen molar-refractivity contribution >= 4 is 92.2 Å². The molecule has 0 aliphatic carbocycles. The fourth-order valence-corrected chi connectivity index (χ4v) is 12.0. The lowest BCUT2D eigenvalue weighted by Gasteiger charge is -2.42. The number of primary amides is 1. The predicted octanol–water partition coefficient (Wildman–Crippen LogP) is 5.78. The molecule has 3 saturated heterocycles. The molecule has 3 fully saturated rings. The minimum atomic E-state index is -1.86. The molecule has 0 aromatic heterocycles. The minimum Gasteiger partial charge on any atom is -0.495 e. The number of likely N-dealkylation sites (N-methyl/N-ethyl adjacent to an activating group) is 1. The van der Waals surface area contributed by atoms with Gasteiger partial charge in [-0.3, -0.25) is 29.3 Å². The van der Waals surface area contributed by atoms with Crippen molar-refractivity contribution in [1.82, 2.24) is 31.5 Å². The Kier molecular flexibility index (Phi) is 27.0. The number of nitrogens with zero attached hydrogens (tertiary/aromatic N) is 3. The number of carbonyl (C=O) groups is 8. The first-order chi connectivity index (χ1) is 43.1. The van der Waals surface area contributed by atoms with Gasteiger partial charge in [-0.15, -0.1) is 0 Å². The lowest BCUT2D eigenvalue weighted by molar-refractivity contribution is -0.157. The molecule has 2 aromatic rings. The Hall–Kier alpha value is -6.97. The number of hydrogen-bond acceptors (Lipinski definition) is 17. The number of allylic oxidation sites excluding steroid dienone is 3. The lowest BCUT2D eigenvalue weighted by Crippen LogP contribution is -2.63. The van der Waals surface area contributed by atoms with Crippen LogP contribution in [-0.2, 0) is 54.1 Å². The third-order valence-corrected chi connectivity index (χ3v) is 18.1. The van der Waals surface area contributed by atoms with Crippen molar-refractivity contribution in [2.75, 3.05) is 94.7 Å². The fourth-order valence-electron chi connectivity index (χ4n) is 11.4. The van der Waals surface area contributed by atoms with Crippen LogP contribution in [0, 0.1) is 11.8 Å². The maximum absolute atomic E-state index is 14.7. The van der Waals surface area contributed by atoms with Gasteiger partial charge < -0.3 is 80.5 Å². The van der Waals surface area contributed by atoms with Gasteiger partial charge in [-0.05, 0) is 94.7 Å². The number of epoxide rings is 1. The Balaban J connectivity index is 1.21. The Morgan fingerprint density at radius 1 is 0.978 bits per heavy atom. The average Bonchev–Trinajstić information content (AvgIpc) is 1.58. The number of fused-ring (bicyclic) bond motifs is 5. The first kappa shape index (κ1) is 73.1. The number of morpholine rings is 1. The number of amides is 8. The Labute approximate surface area is 546 Å². The molecular formula is C64H92BrClN10O15. The molecule has 0 radical (unpaired) electrons. The quantitative estimate of drug-likeness (QED) is 0.0192. The summed E-state index contributed by atoms with van der Waals surface area (Å²) in [6, 6.07) is 4.42. The van der Waals surface area contributed by atoms with Crippen molar-refractivity contribution in [1.29, 1.82) is 0 Å². The highest BCUT2D eigenvalue weighted by molar-refractivity contribution is 9.09. The number of benzene rings is 2. The van der Waals surface area contributed by atoms with E-state index in [-0.39, 0.29) is 61.9 Å². The van der Waals surface area contributed by atoms with Crippen molar-refractivity contribution in [3.8, 4) is 5.75 Å². The number of anilines is 3. The molecule has 0 saturated carbocycles. The van der Waals surface area contributed by atoms with E-state index in [0.29, 0.717) is 104 Å². The number of alkyl halides is 1. The highest BCUT2D eigenvalue weighted by Gasteiger charge is 2.64. The molecular weight excluding hydrogens is 1260 g/mol. The van der Waals surface area contributed by atoms with Gasteiger partial charge >= 0.3 is 18.1 Å². The predicted molar refractivity (Wildman–Crippen MR) is 348 cm³/mol. The largest absolute Gasteiger partial charge is 0.495 e. The number of alkyl carbamates (subject to hydrolysis) is 1. The van der Waals surface area contributed by atoms with E-state index in [2.05, 4.69) is 54.4 Å². The SMILES string of the molecule is C=C(CBr)C(=O)NCCCCCC(=O)N[C@H](C(=O)N[C@@H](CCCNC(N)=O)C(=O)Nc1ccc(C(=O)N(C)[C@@H](C)C(=O)O[C@H]2CCN(C)c3cc(cc(OC)c3Cl)C/C(C)=C/C=C/[C@@H](OC)[C@@]3(O)C[C@H](OC(=O)N3)[C@@H](C)[C@@H]3O[C@@]23C)cc1N1CCOCC1)C(C)C. The molecule has 0 unspecified atom stereocenters. The van der Waals surface area contributed by atoms with Crippen LogP contribution in [0.4, 0.5) is 26.7 Å². The summed E-state index contributed by atoms with van der Waals surface area (Å²) < 4.78 is 35.9. The zero-order valence-corrected chi connectivity index (χ0v) is 56.2. The van der Waals surface area contributed by atoms with Crippen molar-refractivity contribution in [3.05, 3.63) is 82.4 Å². The lowest BCUT2D eigenvalue weighted by atomic mass is 9.83. The normalized spacial score (nSPS) is 24.4. The van der Waals surface area contributed by atoms with Gasteiger partial charge in [0.15, 0.2) is 5.72 Å². The number of nitrogens with one attached hydrogen (secondary N) is 6. The van der Waals surface area contributed by atoms with Gasteiger partial charge in [0, 0.05) is 95.6 Å². The molecule has 10 atom stereocenters. The van der Waals surface area contributed by atoms with Crippen LogP contribution in [0.3, 0.4) is 0 Å². The minimum absolute atomic E-state index is 0.0569. The molecule has 6 rings (SSSR count). The Morgan fingerprint density at radius 2 is 1.69 bits per heavy atom. The van der Waals surface area contributed by atoms with Gasteiger partial charge in [0.1, 0.15) is 52.8 Å². The van der Waals surface area contributed by atoms with E-state index in [1.165, 1.54) is 32.2 Å². The van der Waals surface area contributed by atoms with E-state index in [0.717, 1.165) is 11.1 Å². The second-order valence-corrected chi connectivity index (χ2v) is 25.2. The second-order valence-electron chi connectivity index (χ2n) is 24.3. The van der Waals surface area contributed by atoms with Crippen LogP contribution in [0.5, 0.6) is 5.75 Å². The summed E-state index contributed by atoms with van der Waals surface area (Å²) in [7, 11) is 6.32. The van der Waals surface area contributed by atoms with E-state index in [9.17, 15) is 43.5 Å². The molecule has 91 heavy (non-hydrogen) atoms. The van der Waals surface area contributed by atoms with Crippen LogP contribution >= 0.6 is 27.5 Å². The van der Waals surface area contributed by atoms with Crippen LogP contribution in [0.1, 0.15) is 109 Å². The summed E-state index contributed by atoms with van der Waals surface area (Å²) >= 11 is 10.2. The molecule has 502 valence electrons. The molecule has 27 heteroatoms. The van der Waals surface area contributed by atoms with Crippen molar-refractivity contribution in [3.63, 3.8) is 0 Å². The number of ether oxygens (including phenoxy) is 6. The van der Waals surface area contributed by atoms with Gasteiger partial charge in [-0.1, -0.05) is 85.1 Å². The van der Waals surface area contributed by atoms with Gasteiger partial charge in [-0.25, -0.2) is 14.4 Å². The van der Waals surface area contributed by atoms with E-state index in [1.807, 2.05) is 55.8 Å². The van der Waals surface area contributed by atoms with E-state index >= 15 is 0 Å². The van der Waals surface area contributed by atoms with Crippen LogP contribution < -0.4 is 52.2 Å². The molecule has 4 aliphatic heterocycles. The summed E-state index contributed by atoms with van der Waals surface area (Å²) in [5, 5.41) is 29.2. The smallest absolute Gasteiger partial charge is 0.409 e. The van der Waals surface area contributed by atoms with E-state index < -0.39 is 95.6 Å². The van der Waals surface area contributed by atoms with Crippen molar-refractivity contribution in [2.45, 2.75) is 153 Å². The monoisotopic (exact) mass is 1350 g/mol. The van der Waals surface area contributed by atoms with E-state index in [1.54, 1.807) is 45.1 Å². The fraction of sp³-hybridized carbons (Fsp3) is 0.594. The molecule has 9 N–H and O–H groups in total. The highest BCUT2D eigenvalue weighted by atomic mass is 79.9. The number of halogens is 2. The number of nitrogens with two attached hydrogens (primary N) is 1. The standard InChI is InChI=1S/C64H92BrClN10O15/c1-37(2)54(72-52(77)20-13-12-14-24-68-56(78)39(4)36-65)58(80)71-45(18-16-25-69-61(67)83)57(79)70-44-22-21-43(34-46(44)76-27-29-88-30-28-76)59(81)75(9)41(6)60(82)90-50-23-26-74(8)47-32-42(33-48(86-10)53(47)66)31-38(3)17-15-19-51(87-11)64(85)35-49(89-62(84)73-64)40(5)55-63(50,7)91-55/h15,17,19,21-22,32-34,37,40-41,45,49-51,54-55,85H,4,12-14,16,18,20,23-31,35-36H2,1-3,5-11H3,(H,68,78)(H,70,79)(H,71,80)(H,72,77)(H,73,84)(H3,67,69,83)/b19-15+,38-17+/t40-,41+,45+,49+,50+,51-,54+,55+,63+,64+/m1/s1. The summed E-state index contributed by atoms with van der Waals surface area (Å²) in [6.07, 6.45) is 3.92. The first-order valence-corrected chi connectivity index (χ1v) is 32.4. The molecule has 4 heterocycles. The number of esters is 1. The highest BCUT2D eigenvalue weighted by Crippen LogP contribution is 2.49. The number of urea groups is 1. The molecule has 2 aromatic carbocycles. The second kappa shape index (κ2) is 33.6. The number of unbranched alkanes of at least 4 members (excludes halogenated alkanes) is 2. The number of methoxy groups -OCH3 is 2. The number of hydrogen-bond donors (Lipinski definition) is 8. The van der Waals surface area contributed by atoms with Gasteiger partial charge in [0.25, 0.3) is 5.91 Å². The maximum Gasteiger partial charge on any atom is 0.409 e. The van der Waals surface area contributed by atoms with Crippen molar-refractivity contribution in [2.24, 2.45) is 17.6 Å². The Bertz CT molecular complexity index is 3020. The van der Waals surface area contributed by atoms with Gasteiger partial charge in [0.2, 0.25) is 23.6 Å². The van der Waals surface area contributed by atoms with Crippen LogP contribution in [0.25, 0.3) is 0 Å². The zero-order valence-electron chi connectivity index (χ0n) is 53.9. The summed E-state index contributed by atoms with van der Waals surface area (Å²) in [4.78, 5) is 113. The maximum atomic E-state index is 14.7. The van der Waals surface area contributed by atoms with Crippen LogP contribution in [0.15, 0.2) is 66.3 Å². The van der Waals surface area contributed by atoms with Gasteiger partial charge in [-0.2, -0.15) is 0 Å². The number of rotatable bonds is 25. The number of aliphatic hydroxyl groups is 1. The summed E-state index contributed by atoms with van der Waals surface area (Å²) in [6.45, 7) is 16.7. The molecule has 4 aliphatic rings. The van der Waals surface area contributed by atoms with Crippen LogP contribution in [-0.4, -0.2) is 191 Å². The number of carbonyl (C=O) groups excluding carboxylic acids is 8. The topological polar surface area (TPSA) is 323 Å². The van der Waals surface area contributed by atoms with Gasteiger partial charge in [0.05, 0.1) is 43.5 Å². The van der Waals surface area contributed by atoms with Crippen molar-refractivity contribution < 1.29 is 71.9 Å². The Morgan fingerprint density at radius 3 is 2.36 bits per heavy atom. The zero-order chi connectivity index (χ0) is 66.9. The summed E-state index contributed by atoms with van der Waals surface area (Å²) in [5.41, 5.74) is 6.19. The first-order valence-electron chi connectivity index (χ1n) is 30.9. The molecule has 25 nitrogen and oxygen atoms in total. The summed E-state index contributed by atoms with van der Waals surface area (Å²) in [5.74, 6) is -3.56. The third kappa shape index (κ3) is 19.8. The van der Waals surface area contributed by atoms with E-state index in [4.69, 9.17) is 45.8 Å².